The first-order valence-corrected chi connectivity index (χ1v) is 6.65. The van der Waals surface area contributed by atoms with Crippen LogP contribution in [0.2, 0.25) is 0 Å². The molecule has 1 amide bonds. The van der Waals surface area contributed by atoms with Crippen molar-refractivity contribution in [1.82, 2.24) is 10.4 Å². The van der Waals surface area contributed by atoms with E-state index in [0.29, 0.717) is 17.0 Å². The number of carbonyl (C=O) groups is 1. The van der Waals surface area contributed by atoms with E-state index in [4.69, 9.17) is 5.84 Å². The predicted molar refractivity (Wildman–Crippen MR) is 74.9 cm³/mol. The number of nitrogens with two attached hydrogens (primary N) is 1. The number of nitrogen functional groups attached to an aromatic ring is 1. The van der Waals surface area contributed by atoms with Crippen molar-refractivity contribution in [3.63, 3.8) is 0 Å². The van der Waals surface area contributed by atoms with Crippen LogP contribution in [0.4, 0.5) is 4.39 Å². The normalized spacial score (nSPS) is 14.6. The maximum absolute atomic E-state index is 13.3. The van der Waals surface area contributed by atoms with Crippen LogP contribution in [0.25, 0.3) is 10.9 Å². The van der Waals surface area contributed by atoms with Gasteiger partial charge in [0.1, 0.15) is 12.4 Å². The Kier molecular flexibility index (Phi) is 3.14. The summed E-state index contributed by atoms with van der Waals surface area (Å²) in [4.78, 5) is 15.9. The number of nitrogens with one attached hydrogen (secondary N) is 1. The van der Waals surface area contributed by atoms with Crippen molar-refractivity contribution in [2.75, 3.05) is 0 Å². The van der Waals surface area contributed by atoms with Gasteiger partial charge in [-0.1, -0.05) is 6.07 Å². The number of nitrogens with zero attached hydrogens (tertiary/aromatic N) is 1. The third-order valence-electron chi connectivity index (χ3n) is 3.78. The molecule has 104 valence electrons. The van der Waals surface area contributed by atoms with Gasteiger partial charge in [0.15, 0.2) is 0 Å². The number of fused-ring (bicyclic) bond motifs is 1. The molecule has 1 aromatic heterocycles. The highest BCUT2D eigenvalue weighted by Crippen LogP contribution is 2.42. The Bertz CT molecular complexity index is 695. The van der Waals surface area contributed by atoms with Gasteiger partial charge in [-0.05, 0) is 48.9 Å². The molecule has 1 fully saturated rings. The zero-order valence-corrected chi connectivity index (χ0v) is 11.2. The molecule has 4 nitrogen and oxygen atoms in total. The van der Waals surface area contributed by atoms with Crippen LogP contribution in [0.15, 0.2) is 18.2 Å². The maximum atomic E-state index is 13.3. The van der Waals surface area contributed by atoms with Crippen molar-refractivity contribution in [2.45, 2.75) is 32.4 Å². The lowest BCUT2D eigenvalue weighted by Gasteiger charge is -2.11. The molecule has 0 saturated heterocycles. The van der Waals surface area contributed by atoms with Gasteiger partial charge in [-0.25, -0.2) is 15.2 Å². The second kappa shape index (κ2) is 4.83. The fraction of sp³-hybridized carbons (Fsp3) is 0.333. The SMILES string of the molecule is Cc1cc(C(=O)NN)nc2c(CF)cc(C3CC3)cc12. The number of aromatic nitrogens is 1. The average molecular weight is 273 g/mol. The van der Waals surface area contributed by atoms with E-state index >= 15 is 0 Å². The number of benzene rings is 1. The molecule has 1 aliphatic carbocycles. The number of halogens is 1. The lowest BCUT2D eigenvalue weighted by Crippen LogP contribution is -2.30. The number of carbonyl (C=O) groups excluding carboxylic acids is 1. The molecule has 20 heavy (non-hydrogen) atoms. The quantitative estimate of drug-likeness (QED) is 0.513. The molecule has 5 heteroatoms. The number of pyridine rings is 1. The highest BCUT2D eigenvalue weighted by atomic mass is 19.1. The minimum absolute atomic E-state index is 0.214. The van der Waals surface area contributed by atoms with E-state index in [2.05, 4.69) is 16.5 Å². The summed E-state index contributed by atoms with van der Waals surface area (Å²) in [5, 5.41) is 0.913. The molecule has 0 radical (unpaired) electrons. The fourth-order valence-electron chi connectivity index (χ4n) is 2.53. The summed E-state index contributed by atoms with van der Waals surface area (Å²) >= 11 is 0. The Balaban J connectivity index is 2.24. The molecule has 1 heterocycles. The van der Waals surface area contributed by atoms with Crippen LogP contribution in [0.5, 0.6) is 0 Å². The Morgan fingerprint density at radius 2 is 2.20 bits per heavy atom. The zero-order valence-electron chi connectivity index (χ0n) is 11.2. The van der Waals surface area contributed by atoms with Crippen LogP contribution in [-0.2, 0) is 6.67 Å². The van der Waals surface area contributed by atoms with E-state index in [0.717, 1.165) is 23.8 Å². The average Bonchev–Trinajstić information content (AvgIpc) is 3.30. The summed E-state index contributed by atoms with van der Waals surface area (Å²) in [5.41, 5.74) is 5.44. The van der Waals surface area contributed by atoms with Gasteiger partial charge in [0.2, 0.25) is 0 Å². The van der Waals surface area contributed by atoms with E-state index in [9.17, 15) is 9.18 Å². The van der Waals surface area contributed by atoms with Gasteiger partial charge in [0.05, 0.1) is 5.52 Å². The van der Waals surface area contributed by atoms with Crippen LogP contribution in [0.3, 0.4) is 0 Å². The molecule has 3 N–H and O–H groups in total. The molecule has 1 aromatic carbocycles. The Morgan fingerprint density at radius 1 is 1.45 bits per heavy atom. The van der Waals surface area contributed by atoms with Crippen molar-refractivity contribution in [3.05, 3.63) is 40.6 Å². The summed E-state index contributed by atoms with van der Waals surface area (Å²) in [6.07, 6.45) is 2.33. The highest BCUT2D eigenvalue weighted by molar-refractivity contribution is 5.96. The molecule has 0 aliphatic heterocycles. The van der Waals surface area contributed by atoms with E-state index in [-0.39, 0.29) is 5.69 Å². The van der Waals surface area contributed by atoms with Crippen molar-refractivity contribution >= 4 is 16.8 Å². The van der Waals surface area contributed by atoms with Crippen LogP contribution >= 0.6 is 0 Å². The highest BCUT2D eigenvalue weighted by Gasteiger charge is 2.25. The van der Waals surface area contributed by atoms with Gasteiger partial charge in [0, 0.05) is 10.9 Å². The first kappa shape index (κ1) is 13.0. The van der Waals surface area contributed by atoms with Gasteiger partial charge in [-0.3, -0.25) is 10.2 Å². The number of aryl methyl sites for hydroxylation is 1. The van der Waals surface area contributed by atoms with Crippen molar-refractivity contribution < 1.29 is 9.18 Å². The van der Waals surface area contributed by atoms with Gasteiger partial charge < -0.3 is 0 Å². The summed E-state index contributed by atoms with van der Waals surface area (Å²) in [7, 11) is 0. The molecule has 0 spiro atoms. The zero-order chi connectivity index (χ0) is 14.3. The topological polar surface area (TPSA) is 68.0 Å². The number of hydrogen-bond acceptors (Lipinski definition) is 3. The van der Waals surface area contributed by atoms with Crippen LogP contribution in [-0.4, -0.2) is 10.9 Å². The Morgan fingerprint density at radius 3 is 2.80 bits per heavy atom. The van der Waals surface area contributed by atoms with Crippen LogP contribution in [0.1, 0.15) is 45.9 Å². The predicted octanol–water partition coefficient (Wildman–Crippen LogP) is 2.49. The maximum Gasteiger partial charge on any atom is 0.283 e. The monoisotopic (exact) mass is 273 g/mol. The molecule has 1 saturated carbocycles. The van der Waals surface area contributed by atoms with E-state index < -0.39 is 12.6 Å². The van der Waals surface area contributed by atoms with Gasteiger partial charge in [-0.15, -0.1) is 0 Å². The molecular weight excluding hydrogens is 257 g/mol. The first-order chi connectivity index (χ1) is 9.63. The third kappa shape index (κ3) is 2.14. The second-order valence-electron chi connectivity index (χ2n) is 5.28. The summed E-state index contributed by atoms with van der Waals surface area (Å²) in [5.74, 6) is 5.21. The van der Waals surface area contributed by atoms with Gasteiger partial charge in [0.25, 0.3) is 5.91 Å². The van der Waals surface area contributed by atoms with E-state index in [1.165, 1.54) is 5.56 Å². The Labute approximate surface area is 116 Å². The lowest BCUT2D eigenvalue weighted by molar-refractivity contribution is 0.0949. The van der Waals surface area contributed by atoms with Crippen LogP contribution in [0, 0.1) is 6.92 Å². The smallest absolute Gasteiger partial charge is 0.283 e. The molecule has 3 rings (SSSR count). The van der Waals surface area contributed by atoms with E-state index in [1.54, 1.807) is 6.07 Å². The first-order valence-electron chi connectivity index (χ1n) is 6.65. The van der Waals surface area contributed by atoms with Crippen molar-refractivity contribution in [1.29, 1.82) is 0 Å². The van der Waals surface area contributed by atoms with E-state index in [1.807, 2.05) is 13.0 Å². The Hall–Kier alpha value is -2.01. The minimum Gasteiger partial charge on any atom is -0.289 e. The molecule has 1 aliphatic rings. The minimum atomic E-state index is -0.586. The lowest BCUT2D eigenvalue weighted by atomic mass is 9.99. The summed E-state index contributed by atoms with van der Waals surface area (Å²) < 4.78 is 13.3. The second-order valence-corrected chi connectivity index (χ2v) is 5.28. The number of rotatable bonds is 3. The summed E-state index contributed by atoms with van der Waals surface area (Å²) in [6.45, 7) is 1.31. The number of amides is 1. The molecular formula is C15H16FN3O. The molecule has 0 bridgehead atoms. The van der Waals surface area contributed by atoms with Crippen LogP contribution < -0.4 is 11.3 Å². The standard InChI is InChI=1S/C15H16FN3O/c1-8-4-13(15(20)19-17)18-14-11(7-16)5-10(6-12(8)14)9-2-3-9/h4-6,9H,2-3,7,17H2,1H3,(H,19,20). The molecule has 2 aromatic rings. The van der Waals surface area contributed by atoms with Crippen molar-refractivity contribution in [3.8, 4) is 0 Å². The van der Waals surface area contributed by atoms with Crippen molar-refractivity contribution in [2.24, 2.45) is 5.84 Å². The third-order valence-corrected chi connectivity index (χ3v) is 3.78. The number of hydrazine groups is 1. The molecule has 0 unspecified atom stereocenters. The largest absolute Gasteiger partial charge is 0.289 e. The summed E-state index contributed by atoms with van der Waals surface area (Å²) in [6, 6.07) is 5.62. The van der Waals surface area contributed by atoms with Gasteiger partial charge >= 0.3 is 0 Å². The van der Waals surface area contributed by atoms with Gasteiger partial charge in [-0.2, -0.15) is 0 Å². The fourth-order valence-corrected chi connectivity index (χ4v) is 2.53. The molecule has 0 atom stereocenters. The number of hydrogen-bond donors (Lipinski definition) is 2. The number of alkyl halides is 1.